The minimum atomic E-state index is -3.26. The van der Waals surface area contributed by atoms with Gasteiger partial charge in [0.05, 0.1) is 11.6 Å². The van der Waals surface area contributed by atoms with E-state index in [1.54, 1.807) is 6.07 Å². The van der Waals surface area contributed by atoms with Crippen molar-refractivity contribution in [2.45, 2.75) is 18.9 Å². The van der Waals surface area contributed by atoms with E-state index in [9.17, 15) is 17.6 Å². The molecule has 1 aliphatic heterocycles. The standard InChI is InChI=1S/C21H22ClFN2O3S/c1-29(27,28)13-5-11-24-21(26)17-10-9-15(14-19(17)23)25-12-4-8-20(25)16-6-2-3-7-18(16)22/h2-3,5-7,9-10,13-14,20H,4,8,11-12H2,1H3,(H,24,26)/b13-5+/t20-/m0/s1. The Hall–Kier alpha value is -2.38. The van der Waals surface area contributed by atoms with Gasteiger partial charge >= 0.3 is 0 Å². The highest BCUT2D eigenvalue weighted by molar-refractivity contribution is 7.93. The number of anilines is 1. The average Bonchev–Trinajstić information content (AvgIpc) is 3.14. The molecular formula is C21H22ClFN2O3S. The monoisotopic (exact) mass is 436 g/mol. The van der Waals surface area contributed by atoms with E-state index in [2.05, 4.69) is 10.2 Å². The van der Waals surface area contributed by atoms with E-state index in [-0.39, 0.29) is 18.2 Å². The van der Waals surface area contributed by atoms with Crippen molar-refractivity contribution in [2.24, 2.45) is 0 Å². The minimum absolute atomic E-state index is 0.00615. The van der Waals surface area contributed by atoms with Crippen LogP contribution in [0.15, 0.2) is 53.9 Å². The van der Waals surface area contributed by atoms with Crippen LogP contribution in [0.25, 0.3) is 0 Å². The van der Waals surface area contributed by atoms with Crippen molar-refractivity contribution in [1.82, 2.24) is 5.32 Å². The molecule has 1 atom stereocenters. The summed E-state index contributed by atoms with van der Waals surface area (Å²) in [5, 5.41) is 4.16. The molecule has 29 heavy (non-hydrogen) atoms. The first-order valence-electron chi connectivity index (χ1n) is 9.21. The zero-order valence-electron chi connectivity index (χ0n) is 15.9. The first-order valence-corrected chi connectivity index (χ1v) is 11.5. The Kier molecular flexibility index (Phi) is 6.59. The predicted molar refractivity (Wildman–Crippen MR) is 113 cm³/mol. The Balaban J connectivity index is 1.74. The molecule has 0 unspecified atom stereocenters. The van der Waals surface area contributed by atoms with Gasteiger partial charge in [-0.3, -0.25) is 4.79 Å². The lowest BCUT2D eigenvalue weighted by Gasteiger charge is -2.28. The number of halogens is 2. The van der Waals surface area contributed by atoms with Gasteiger partial charge in [-0.2, -0.15) is 0 Å². The van der Waals surface area contributed by atoms with E-state index in [0.29, 0.717) is 10.7 Å². The third kappa shape index (κ3) is 5.36. The molecule has 1 N–H and O–H groups in total. The van der Waals surface area contributed by atoms with Crippen LogP contribution >= 0.6 is 11.6 Å². The van der Waals surface area contributed by atoms with Crippen molar-refractivity contribution in [3.8, 4) is 0 Å². The molecule has 1 amide bonds. The van der Waals surface area contributed by atoms with Crippen LogP contribution in [0.1, 0.15) is 34.8 Å². The van der Waals surface area contributed by atoms with Gasteiger partial charge in [0.15, 0.2) is 9.84 Å². The van der Waals surface area contributed by atoms with E-state index >= 15 is 0 Å². The van der Waals surface area contributed by atoms with Gasteiger partial charge in [-0.1, -0.05) is 35.9 Å². The van der Waals surface area contributed by atoms with Gasteiger partial charge in [-0.05, 0) is 42.7 Å². The van der Waals surface area contributed by atoms with E-state index in [1.807, 2.05) is 24.3 Å². The molecule has 3 rings (SSSR count). The topological polar surface area (TPSA) is 66.5 Å². The normalized spacial score (nSPS) is 17.1. The summed E-state index contributed by atoms with van der Waals surface area (Å²) in [5.41, 5.74) is 1.61. The van der Waals surface area contributed by atoms with E-state index in [1.165, 1.54) is 18.2 Å². The number of sulfone groups is 1. The number of carbonyl (C=O) groups excluding carboxylic acids is 1. The third-order valence-corrected chi connectivity index (χ3v) is 5.80. The molecule has 0 spiro atoms. The van der Waals surface area contributed by atoms with Crippen molar-refractivity contribution in [1.29, 1.82) is 0 Å². The number of rotatable bonds is 6. The lowest BCUT2D eigenvalue weighted by atomic mass is 10.0. The number of hydrogen-bond donors (Lipinski definition) is 1. The average molecular weight is 437 g/mol. The largest absolute Gasteiger partial charge is 0.364 e. The zero-order valence-corrected chi connectivity index (χ0v) is 17.5. The lowest BCUT2D eigenvalue weighted by molar-refractivity contribution is 0.0954. The molecular weight excluding hydrogens is 415 g/mol. The second-order valence-corrected chi connectivity index (χ2v) is 9.29. The van der Waals surface area contributed by atoms with Crippen molar-refractivity contribution < 1.29 is 17.6 Å². The van der Waals surface area contributed by atoms with E-state index in [4.69, 9.17) is 11.6 Å². The predicted octanol–water partition coefficient (Wildman–Crippen LogP) is 4.11. The summed E-state index contributed by atoms with van der Waals surface area (Å²) in [6, 6.07) is 12.2. The number of benzene rings is 2. The van der Waals surface area contributed by atoms with Crippen LogP contribution in [0.3, 0.4) is 0 Å². The minimum Gasteiger partial charge on any atom is -0.364 e. The Labute approximate surface area is 175 Å². The van der Waals surface area contributed by atoms with Gasteiger partial charge in [0.25, 0.3) is 5.91 Å². The summed E-state index contributed by atoms with van der Waals surface area (Å²) in [6.45, 7) is 0.769. The Morgan fingerprint density at radius 3 is 2.76 bits per heavy atom. The fraction of sp³-hybridized carbons (Fsp3) is 0.286. The lowest BCUT2D eigenvalue weighted by Crippen LogP contribution is -2.26. The number of nitrogens with zero attached hydrogens (tertiary/aromatic N) is 1. The molecule has 1 heterocycles. The van der Waals surface area contributed by atoms with Gasteiger partial charge in [-0.25, -0.2) is 12.8 Å². The molecule has 1 saturated heterocycles. The van der Waals surface area contributed by atoms with Gasteiger partial charge in [0.2, 0.25) is 0 Å². The van der Waals surface area contributed by atoms with Crippen molar-refractivity contribution in [2.75, 3.05) is 24.2 Å². The summed E-state index contributed by atoms with van der Waals surface area (Å²) < 4.78 is 36.7. The number of amides is 1. The maximum absolute atomic E-state index is 14.6. The highest BCUT2D eigenvalue weighted by atomic mass is 35.5. The molecule has 0 aromatic heterocycles. The maximum atomic E-state index is 14.6. The molecule has 0 aliphatic carbocycles. The highest BCUT2D eigenvalue weighted by Gasteiger charge is 2.28. The molecule has 0 bridgehead atoms. The summed E-state index contributed by atoms with van der Waals surface area (Å²) in [7, 11) is -3.26. The first kappa shape index (κ1) is 21.3. The van der Waals surface area contributed by atoms with Crippen LogP contribution in [0, 0.1) is 5.82 Å². The molecule has 1 fully saturated rings. The second-order valence-electron chi connectivity index (χ2n) is 6.95. The zero-order chi connectivity index (χ0) is 21.0. The fourth-order valence-corrected chi connectivity index (χ4v) is 4.19. The van der Waals surface area contributed by atoms with Gasteiger partial charge in [-0.15, -0.1) is 0 Å². The first-order chi connectivity index (χ1) is 13.8. The number of carbonyl (C=O) groups is 1. The van der Waals surface area contributed by atoms with Crippen LogP contribution in [-0.4, -0.2) is 33.7 Å². The highest BCUT2D eigenvalue weighted by Crippen LogP contribution is 2.39. The van der Waals surface area contributed by atoms with Gasteiger partial charge < -0.3 is 10.2 Å². The molecule has 0 saturated carbocycles. The number of hydrogen-bond acceptors (Lipinski definition) is 4. The molecule has 5 nitrogen and oxygen atoms in total. The van der Waals surface area contributed by atoms with Crippen LogP contribution in [0.5, 0.6) is 0 Å². The van der Waals surface area contributed by atoms with Crippen molar-refractivity contribution in [3.05, 3.63) is 75.9 Å². The van der Waals surface area contributed by atoms with Crippen LogP contribution < -0.4 is 10.2 Å². The van der Waals surface area contributed by atoms with E-state index < -0.39 is 21.6 Å². The van der Waals surface area contributed by atoms with Crippen LogP contribution in [0.4, 0.5) is 10.1 Å². The Morgan fingerprint density at radius 2 is 2.07 bits per heavy atom. The van der Waals surface area contributed by atoms with Crippen LogP contribution in [0.2, 0.25) is 5.02 Å². The second kappa shape index (κ2) is 8.97. The fourth-order valence-electron chi connectivity index (χ4n) is 3.48. The van der Waals surface area contributed by atoms with Crippen molar-refractivity contribution >= 4 is 33.0 Å². The maximum Gasteiger partial charge on any atom is 0.254 e. The number of nitrogens with one attached hydrogen (secondary N) is 1. The molecule has 2 aromatic carbocycles. The molecule has 8 heteroatoms. The molecule has 2 aromatic rings. The summed E-state index contributed by atoms with van der Waals surface area (Å²) in [4.78, 5) is 14.3. The SMILES string of the molecule is CS(=O)(=O)/C=C/CNC(=O)c1ccc(N2CCC[C@H]2c2ccccc2Cl)cc1F. The summed E-state index contributed by atoms with van der Waals surface area (Å²) in [5.74, 6) is -1.23. The van der Waals surface area contributed by atoms with Crippen molar-refractivity contribution in [3.63, 3.8) is 0 Å². The van der Waals surface area contributed by atoms with Crippen LogP contribution in [-0.2, 0) is 9.84 Å². The molecule has 0 radical (unpaired) electrons. The summed E-state index contributed by atoms with van der Waals surface area (Å²) >= 11 is 6.35. The van der Waals surface area contributed by atoms with Gasteiger partial charge in [0.1, 0.15) is 5.82 Å². The molecule has 154 valence electrons. The molecule has 1 aliphatic rings. The Morgan fingerprint density at radius 1 is 1.31 bits per heavy atom. The van der Waals surface area contributed by atoms with E-state index in [0.717, 1.165) is 36.6 Å². The third-order valence-electron chi connectivity index (χ3n) is 4.77. The smallest absolute Gasteiger partial charge is 0.254 e. The Bertz CT molecular complexity index is 1040. The summed E-state index contributed by atoms with van der Waals surface area (Å²) in [6.07, 6.45) is 4.24. The van der Waals surface area contributed by atoms with Gasteiger partial charge in [0, 0.05) is 35.5 Å². The quantitative estimate of drug-likeness (QED) is 0.740.